The lowest BCUT2D eigenvalue weighted by Crippen LogP contribution is -2.37. The molecule has 1 aromatic rings. The number of aromatic nitrogens is 3. The fraction of sp³-hybridized carbons (Fsp3) is 0.833. The van der Waals surface area contributed by atoms with Gasteiger partial charge in [-0.15, -0.1) is 0 Å². The van der Waals surface area contributed by atoms with Crippen molar-refractivity contribution in [3.8, 4) is 0 Å². The lowest BCUT2D eigenvalue weighted by Gasteiger charge is -2.17. The minimum Gasteiger partial charge on any atom is -0.326 e. The summed E-state index contributed by atoms with van der Waals surface area (Å²) in [4.78, 5) is 12.1. The molecule has 0 spiro atoms. The molecule has 1 aliphatic heterocycles. The Labute approximate surface area is 102 Å². The van der Waals surface area contributed by atoms with Gasteiger partial charge in [0, 0.05) is 19.0 Å². The van der Waals surface area contributed by atoms with Crippen molar-refractivity contribution >= 4 is 0 Å². The molecule has 0 saturated carbocycles. The molecule has 0 aliphatic carbocycles. The highest BCUT2D eigenvalue weighted by Crippen LogP contribution is 2.10. The van der Waals surface area contributed by atoms with Crippen molar-refractivity contribution in [2.24, 2.45) is 11.7 Å². The SMILES string of the molecule is CCC(C)C(N)Cn1nc2n(c1=O)CCCC2. The number of aryl methyl sites for hydroxylation is 1. The summed E-state index contributed by atoms with van der Waals surface area (Å²) in [6.07, 6.45) is 4.16. The van der Waals surface area contributed by atoms with Gasteiger partial charge in [0.05, 0.1) is 6.54 Å². The van der Waals surface area contributed by atoms with Gasteiger partial charge in [0.2, 0.25) is 0 Å². The van der Waals surface area contributed by atoms with Gasteiger partial charge in [0.25, 0.3) is 0 Å². The molecule has 0 amide bonds. The lowest BCUT2D eigenvalue weighted by molar-refractivity contribution is 0.374. The fourth-order valence-electron chi connectivity index (χ4n) is 2.25. The van der Waals surface area contributed by atoms with Gasteiger partial charge in [-0.3, -0.25) is 4.57 Å². The topological polar surface area (TPSA) is 65.8 Å². The number of hydrogen-bond donors (Lipinski definition) is 1. The van der Waals surface area contributed by atoms with E-state index in [9.17, 15) is 4.79 Å². The molecule has 5 nitrogen and oxygen atoms in total. The molecule has 0 radical (unpaired) electrons. The van der Waals surface area contributed by atoms with E-state index in [-0.39, 0.29) is 11.7 Å². The van der Waals surface area contributed by atoms with E-state index < -0.39 is 0 Å². The molecule has 5 heteroatoms. The molecule has 17 heavy (non-hydrogen) atoms. The molecule has 2 atom stereocenters. The zero-order valence-electron chi connectivity index (χ0n) is 10.7. The minimum absolute atomic E-state index is 0.00894. The molecule has 0 bridgehead atoms. The van der Waals surface area contributed by atoms with E-state index in [1.54, 1.807) is 9.25 Å². The monoisotopic (exact) mass is 238 g/mol. The smallest absolute Gasteiger partial charge is 0.326 e. The van der Waals surface area contributed by atoms with Crippen LogP contribution in [0.5, 0.6) is 0 Å². The summed E-state index contributed by atoms with van der Waals surface area (Å²) in [5, 5.41) is 4.39. The average molecular weight is 238 g/mol. The number of nitrogens with two attached hydrogens (primary N) is 1. The zero-order valence-corrected chi connectivity index (χ0v) is 10.7. The van der Waals surface area contributed by atoms with E-state index in [0.29, 0.717) is 12.5 Å². The predicted molar refractivity (Wildman–Crippen MR) is 66.9 cm³/mol. The summed E-state index contributed by atoms with van der Waals surface area (Å²) in [5.41, 5.74) is 6.09. The molecule has 0 saturated heterocycles. The van der Waals surface area contributed by atoms with Crippen LogP contribution in [-0.2, 0) is 19.5 Å². The maximum absolute atomic E-state index is 12.1. The van der Waals surface area contributed by atoms with E-state index >= 15 is 0 Å². The number of nitrogens with zero attached hydrogens (tertiary/aromatic N) is 3. The average Bonchev–Trinajstić information content (AvgIpc) is 2.66. The molecular weight excluding hydrogens is 216 g/mol. The van der Waals surface area contributed by atoms with Crippen LogP contribution in [0.1, 0.15) is 38.9 Å². The second-order valence-electron chi connectivity index (χ2n) is 5.04. The second kappa shape index (κ2) is 5.04. The summed E-state index contributed by atoms with van der Waals surface area (Å²) in [6.45, 7) is 5.58. The highest BCUT2D eigenvalue weighted by molar-refractivity contribution is 4.91. The minimum atomic E-state index is 0.00894. The van der Waals surface area contributed by atoms with Gasteiger partial charge < -0.3 is 5.73 Å². The van der Waals surface area contributed by atoms with Crippen molar-refractivity contribution in [3.63, 3.8) is 0 Å². The van der Waals surface area contributed by atoms with Crippen LogP contribution in [0, 0.1) is 5.92 Å². The van der Waals surface area contributed by atoms with Gasteiger partial charge in [-0.1, -0.05) is 20.3 Å². The van der Waals surface area contributed by atoms with E-state index in [1.165, 1.54) is 0 Å². The van der Waals surface area contributed by atoms with E-state index in [1.807, 2.05) is 0 Å². The van der Waals surface area contributed by atoms with Crippen LogP contribution in [0.3, 0.4) is 0 Å². The molecule has 2 unspecified atom stereocenters. The first-order chi connectivity index (χ1) is 8.13. The summed E-state index contributed by atoms with van der Waals surface area (Å²) < 4.78 is 3.35. The first-order valence-corrected chi connectivity index (χ1v) is 6.55. The molecule has 0 aromatic carbocycles. The largest absolute Gasteiger partial charge is 0.345 e. The Hall–Kier alpha value is -1.10. The third-order valence-electron chi connectivity index (χ3n) is 3.79. The molecule has 0 fully saturated rings. The molecular formula is C12H22N4O. The lowest BCUT2D eigenvalue weighted by atomic mass is 10.0. The van der Waals surface area contributed by atoms with Crippen LogP contribution in [0.2, 0.25) is 0 Å². The van der Waals surface area contributed by atoms with Crippen LogP contribution >= 0.6 is 0 Å². The van der Waals surface area contributed by atoms with Crippen LogP contribution in [0.4, 0.5) is 0 Å². The summed E-state index contributed by atoms with van der Waals surface area (Å²) in [6, 6.07) is 0.00894. The van der Waals surface area contributed by atoms with Crippen LogP contribution in [0.15, 0.2) is 4.79 Å². The molecule has 1 aromatic heterocycles. The molecule has 2 heterocycles. The summed E-state index contributed by atoms with van der Waals surface area (Å²) in [7, 11) is 0. The van der Waals surface area contributed by atoms with Crippen molar-refractivity contribution < 1.29 is 0 Å². The number of hydrogen-bond acceptors (Lipinski definition) is 3. The van der Waals surface area contributed by atoms with E-state index in [0.717, 1.165) is 38.1 Å². The Bertz CT molecular complexity index is 434. The van der Waals surface area contributed by atoms with Crippen LogP contribution < -0.4 is 11.4 Å². The van der Waals surface area contributed by atoms with Crippen LogP contribution in [-0.4, -0.2) is 20.4 Å². The van der Waals surface area contributed by atoms with Crippen molar-refractivity contribution in [1.82, 2.24) is 14.3 Å². The Kier molecular flexibility index (Phi) is 3.66. The number of rotatable bonds is 4. The van der Waals surface area contributed by atoms with Gasteiger partial charge in [-0.05, 0) is 18.8 Å². The van der Waals surface area contributed by atoms with Gasteiger partial charge in [0.15, 0.2) is 0 Å². The second-order valence-corrected chi connectivity index (χ2v) is 5.04. The first kappa shape index (κ1) is 12.4. The first-order valence-electron chi connectivity index (χ1n) is 6.55. The Balaban J connectivity index is 2.17. The highest BCUT2D eigenvalue weighted by atomic mass is 16.2. The maximum Gasteiger partial charge on any atom is 0.345 e. The Morgan fingerprint density at radius 2 is 2.24 bits per heavy atom. The van der Waals surface area contributed by atoms with E-state index in [4.69, 9.17) is 5.73 Å². The summed E-state index contributed by atoms with van der Waals surface area (Å²) in [5.74, 6) is 1.35. The molecule has 96 valence electrons. The fourth-order valence-corrected chi connectivity index (χ4v) is 2.25. The third kappa shape index (κ3) is 2.44. The van der Waals surface area contributed by atoms with E-state index in [2.05, 4.69) is 18.9 Å². The van der Waals surface area contributed by atoms with Gasteiger partial charge in [0.1, 0.15) is 5.82 Å². The summed E-state index contributed by atoms with van der Waals surface area (Å²) >= 11 is 0. The normalized spacial score (nSPS) is 18.8. The third-order valence-corrected chi connectivity index (χ3v) is 3.79. The van der Waals surface area contributed by atoms with Crippen LogP contribution in [0.25, 0.3) is 0 Å². The standard InChI is InChI=1S/C12H22N4O/c1-3-9(2)10(13)8-16-12(17)15-7-5-4-6-11(15)14-16/h9-10H,3-8,13H2,1-2H3. The number of fused-ring (bicyclic) bond motifs is 1. The Morgan fingerprint density at radius 3 is 2.88 bits per heavy atom. The predicted octanol–water partition coefficient (Wildman–Crippen LogP) is 0.754. The van der Waals surface area contributed by atoms with Gasteiger partial charge in [-0.2, -0.15) is 5.10 Å². The molecule has 2 N–H and O–H groups in total. The maximum atomic E-state index is 12.1. The zero-order chi connectivity index (χ0) is 12.4. The Morgan fingerprint density at radius 1 is 1.47 bits per heavy atom. The quantitative estimate of drug-likeness (QED) is 0.842. The van der Waals surface area contributed by atoms with Gasteiger partial charge in [-0.25, -0.2) is 9.48 Å². The van der Waals surface area contributed by atoms with Gasteiger partial charge >= 0.3 is 5.69 Å². The van der Waals surface area contributed by atoms with Crippen molar-refractivity contribution in [1.29, 1.82) is 0 Å². The highest BCUT2D eigenvalue weighted by Gasteiger charge is 2.19. The molecule has 2 rings (SSSR count). The molecule has 1 aliphatic rings. The van der Waals surface area contributed by atoms with Crippen molar-refractivity contribution in [2.45, 2.75) is 58.7 Å². The van der Waals surface area contributed by atoms with Crippen molar-refractivity contribution in [3.05, 3.63) is 16.3 Å². The van der Waals surface area contributed by atoms with Crippen molar-refractivity contribution in [2.75, 3.05) is 0 Å².